The average molecular weight is 198 g/mol. The van der Waals surface area contributed by atoms with E-state index in [-0.39, 0.29) is 18.6 Å². The summed E-state index contributed by atoms with van der Waals surface area (Å²) in [5.41, 5.74) is -0.299. The molecule has 0 unspecified atom stereocenters. The van der Waals surface area contributed by atoms with Crippen molar-refractivity contribution in [1.82, 2.24) is 0 Å². The van der Waals surface area contributed by atoms with Gasteiger partial charge in [0.2, 0.25) is 0 Å². The number of aliphatic hydroxyl groups is 2. The van der Waals surface area contributed by atoms with Gasteiger partial charge in [0.1, 0.15) is 0 Å². The Hall–Kier alpha value is -0.520. The van der Waals surface area contributed by atoms with E-state index in [1.807, 2.05) is 0 Å². The molecule has 2 N–H and O–H groups in total. The molecule has 0 saturated carbocycles. The minimum Gasteiger partial charge on any atom is -0.396 e. The maximum Gasteiger partial charge on any atom is 0.0509 e. The minimum absolute atomic E-state index is 0.0636. The van der Waals surface area contributed by atoms with E-state index in [0.717, 1.165) is 38.5 Å². The third kappa shape index (κ3) is 4.64. The fourth-order valence-electron chi connectivity index (χ4n) is 1.61. The van der Waals surface area contributed by atoms with Crippen LogP contribution in [0.3, 0.4) is 0 Å². The fraction of sp³-hybridized carbons (Fsp3) is 0.833. The molecule has 2 heteroatoms. The number of terminal acetylenes is 1. The summed E-state index contributed by atoms with van der Waals surface area (Å²) in [7, 11) is 0. The summed E-state index contributed by atoms with van der Waals surface area (Å²) in [6.07, 6.45) is 10.6. The lowest BCUT2D eigenvalue weighted by Gasteiger charge is -2.29. The second-order valence-corrected chi connectivity index (χ2v) is 3.98. The van der Waals surface area contributed by atoms with Gasteiger partial charge in [0.15, 0.2) is 0 Å². The lowest BCUT2D eigenvalue weighted by molar-refractivity contribution is 0.0366. The fourth-order valence-corrected chi connectivity index (χ4v) is 1.61. The summed E-state index contributed by atoms with van der Waals surface area (Å²) in [6.45, 7) is 2.24. The molecule has 0 aliphatic carbocycles. The molecule has 0 aliphatic heterocycles. The Morgan fingerprint density at radius 1 is 1.14 bits per heavy atom. The summed E-state index contributed by atoms with van der Waals surface area (Å²) >= 11 is 0. The van der Waals surface area contributed by atoms with Crippen molar-refractivity contribution in [1.29, 1.82) is 0 Å². The summed E-state index contributed by atoms with van der Waals surface area (Å²) in [5, 5.41) is 18.6. The van der Waals surface area contributed by atoms with Crippen molar-refractivity contribution in [2.45, 2.75) is 45.4 Å². The SMILES string of the molecule is C#CCCCC(CO)(CO)CCCC. The van der Waals surface area contributed by atoms with Crippen molar-refractivity contribution in [2.75, 3.05) is 13.2 Å². The van der Waals surface area contributed by atoms with Gasteiger partial charge in [-0.2, -0.15) is 0 Å². The molecule has 82 valence electrons. The monoisotopic (exact) mass is 198 g/mol. The Morgan fingerprint density at radius 3 is 2.14 bits per heavy atom. The minimum atomic E-state index is -0.299. The predicted octanol–water partition coefficient (Wildman–Crippen LogP) is 1.95. The molecule has 0 aliphatic rings. The van der Waals surface area contributed by atoms with E-state index in [4.69, 9.17) is 6.42 Å². The maximum absolute atomic E-state index is 9.29. The zero-order valence-electron chi connectivity index (χ0n) is 9.13. The van der Waals surface area contributed by atoms with Crippen LogP contribution >= 0.6 is 0 Å². The summed E-state index contributed by atoms with van der Waals surface area (Å²) in [5.74, 6) is 2.58. The molecule has 0 aromatic heterocycles. The molecule has 0 amide bonds. The van der Waals surface area contributed by atoms with Gasteiger partial charge in [0.25, 0.3) is 0 Å². The van der Waals surface area contributed by atoms with E-state index in [9.17, 15) is 10.2 Å². The molecule has 2 nitrogen and oxygen atoms in total. The van der Waals surface area contributed by atoms with Crippen molar-refractivity contribution in [3.8, 4) is 12.3 Å². The van der Waals surface area contributed by atoms with E-state index < -0.39 is 0 Å². The van der Waals surface area contributed by atoms with Crippen LogP contribution in [0.5, 0.6) is 0 Å². The molecule has 0 aromatic carbocycles. The highest BCUT2D eigenvalue weighted by Crippen LogP contribution is 2.29. The zero-order chi connectivity index (χ0) is 10.9. The van der Waals surface area contributed by atoms with Gasteiger partial charge < -0.3 is 10.2 Å². The molecule has 0 saturated heterocycles. The molecule has 0 rings (SSSR count). The summed E-state index contributed by atoms with van der Waals surface area (Å²) in [4.78, 5) is 0. The van der Waals surface area contributed by atoms with Gasteiger partial charge in [-0.1, -0.05) is 19.8 Å². The van der Waals surface area contributed by atoms with Crippen LogP contribution in [-0.2, 0) is 0 Å². The van der Waals surface area contributed by atoms with Gasteiger partial charge in [-0.05, 0) is 19.3 Å². The Bertz CT molecular complexity index is 166. The standard InChI is InChI=1S/C12H22O2/c1-3-5-7-9-12(10-13,11-14)8-6-4-2/h1,13-14H,4-11H2,2H3. The van der Waals surface area contributed by atoms with Gasteiger partial charge in [-0.3, -0.25) is 0 Å². The van der Waals surface area contributed by atoms with Crippen molar-refractivity contribution in [3.05, 3.63) is 0 Å². The molecule has 0 fully saturated rings. The Morgan fingerprint density at radius 2 is 1.71 bits per heavy atom. The maximum atomic E-state index is 9.29. The average Bonchev–Trinajstić information content (AvgIpc) is 2.24. The second kappa shape index (κ2) is 7.84. The smallest absolute Gasteiger partial charge is 0.0509 e. The van der Waals surface area contributed by atoms with Gasteiger partial charge >= 0.3 is 0 Å². The highest BCUT2D eigenvalue weighted by Gasteiger charge is 2.27. The van der Waals surface area contributed by atoms with Crippen molar-refractivity contribution in [2.24, 2.45) is 5.41 Å². The first-order valence-electron chi connectivity index (χ1n) is 5.40. The van der Waals surface area contributed by atoms with Crippen LogP contribution in [0.4, 0.5) is 0 Å². The van der Waals surface area contributed by atoms with E-state index in [0.29, 0.717) is 0 Å². The quantitative estimate of drug-likeness (QED) is 0.462. The lowest BCUT2D eigenvalue weighted by atomic mass is 9.80. The number of hydrogen-bond donors (Lipinski definition) is 2. The van der Waals surface area contributed by atoms with E-state index in [1.54, 1.807) is 0 Å². The number of hydrogen-bond acceptors (Lipinski definition) is 2. The van der Waals surface area contributed by atoms with Gasteiger partial charge in [-0.25, -0.2) is 0 Å². The van der Waals surface area contributed by atoms with Crippen molar-refractivity contribution >= 4 is 0 Å². The lowest BCUT2D eigenvalue weighted by Crippen LogP contribution is -2.29. The summed E-state index contributed by atoms with van der Waals surface area (Å²) < 4.78 is 0. The summed E-state index contributed by atoms with van der Waals surface area (Å²) in [6, 6.07) is 0. The molecular formula is C12H22O2. The van der Waals surface area contributed by atoms with Crippen LogP contribution in [0.2, 0.25) is 0 Å². The van der Waals surface area contributed by atoms with Gasteiger partial charge in [-0.15, -0.1) is 12.3 Å². The zero-order valence-corrected chi connectivity index (χ0v) is 9.13. The second-order valence-electron chi connectivity index (χ2n) is 3.98. The van der Waals surface area contributed by atoms with Crippen LogP contribution in [0.1, 0.15) is 45.4 Å². The molecule has 0 aromatic rings. The first-order chi connectivity index (χ1) is 6.74. The molecule has 0 atom stereocenters. The largest absolute Gasteiger partial charge is 0.396 e. The Balaban J connectivity index is 4.01. The molecule has 0 spiro atoms. The van der Waals surface area contributed by atoms with Crippen LogP contribution in [-0.4, -0.2) is 23.4 Å². The Labute approximate surface area is 87.3 Å². The van der Waals surface area contributed by atoms with Gasteiger partial charge in [0, 0.05) is 11.8 Å². The number of unbranched alkanes of at least 4 members (excludes halogenated alkanes) is 2. The molecule has 0 bridgehead atoms. The third-order valence-electron chi connectivity index (χ3n) is 2.76. The highest BCUT2D eigenvalue weighted by atomic mass is 16.3. The van der Waals surface area contributed by atoms with Crippen LogP contribution in [0, 0.1) is 17.8 Å². The Kier molecular flexibility index (Phi) is 7.55. The molecule has 14 heavy (non-hydrogen) atoms. The van der Waals surface area contributed by atoms with Crippen molar-refractivity contribution < 1.29 is 10.2 Å². The topological polar surface area (TPSA) is 40.5 Å². The van der Waals surface area contributed by atoms with Crippen LogP contribution < -0.4 is 0 Å². The van der Waals surface area contributed by atoms with E-state index in [2.05, 4.69) is 12.8 Å². The first kappa shape index (κ1) is 13.5. The van der Waals surface area contributed by atoms with E-state index >= 15 is 0 Å². The number of rotatable bonds is 8. The molecule has 0 radical (unpaired) electrons. The first-order valence-corrected chi connectivity index (χ1v) is 5.40. The highest BCUT2D eigenvalue weighted by molar-refractivity contribution is 4.85. The van der Waals surface area contributed by atoms with Crippen molar-refractivity contribution in [3.63, 3.8) is 0 Å². The predicted molar refractivity (Wildman–Crippen MR) is 58.8 cm³/mol. The van der Waals surface area contributed by atoms with Gasteiger partial charge in [0.05, 0.1) is 13.2 Å². The molecule has 0 heterocycles. The molecular weight excluding hydrogens is 176 g/mol. The number of aliphatic hydroxyl groups excluding tert-OH is 2. The van der Waals surface area contributed by atoms with Crippen LogP contribution in [0.15, 0.2) is 0 Å². The van der Waals surface area contributed by atoms with E-state index in [1.165, 1.54) is 0 Å². The normalized spacial score (nSPS) is 11.3. The third-order valence-corrected chi connectivity index (χ3v) is 2.76. The van der Waals surface area contributed by atoms with Crippen LogP contribution in [0.25, 0.3) is 0 Å².